The van der Waals surface area contributed by atoms with Crippen LogP contribution in [0.25, 0.3) is 0 Å². The van der Waals surface area contributed by atoms with E-state index < -0.39 is 11.1 Å². The van der Waals surface area contributed by atoms with Crippen molar-refractivity contribution in [2.24, 2.45) is 0 Å². The molecule has 1 N–H and O–H groups in total. The monoisotopic (exact) mass is 222 g/mol. The Morgan fingerprint density at radius 3 is 2.70 bits per heavy atom. The molecule has 10 heavy (non-hydrogen) atoms. The third-order valence-electron chi connectivity index (χ3n) is 0.788. The predicted molar refractivity (Wildman–Crippen MR) is 38.8 cm³/mol. The molecule has 0 amide bonds. The van der Waals surface area contributed by atoms with Gasteiger partial charge in [0.25, 0.3) is 0 Å². The van der Waals surface area contributed by atoms with Gasteiger partial charge in [0, 0.05) is 6.07 Å². The van der Waals surface area contributed by atoms with Gasteiger partial charge >= 0.3 is 0 Å². The second-order valence-corrected chi connectivity index (χ2v) is 3.16. The van der Waals surface area contributed by atoms with E-state index in [0.717, 1.165) is 0 Å². The van der Waals surface area contributed by atoms with E-state index in [0.29, 0.717) is 4.60 Å². The highest BCUT2D eigenvalue weighted by Crippen LogP contribution is 2.06. The van der Waals surface area contributed by atoms with Gasteiger partial charge in [0.1, 0.15) is 10.9 Å². The summed E-state index contributed by atoms with van der Waals surface area (Å²) in [5, 5.41) is 0.0990. The first-order valence-electron chi connectivity index (χ1n) is 2.28. The lowest BCUT2D eigenvalue weighted by Crippen LogP contribution is -1.92. The highest BCUT2D eigenvalue weighted by Gasteiger charge is 2.00. The van der Waals surface area contributed by atoms with E-state index in [-0.39, 0.29) is 5.03 Å². The SMILES string of the molecule is O=S(O)c1cc(Br)ncn1. The maximum Gasteiger partial charge on any atom is 0.205 e. The van der Waals surface area contributed by atoms with Crippen molar-refractivity contribution in [3.63, 3.8) is 0 Å². The van der Waals surface area contributed by atoms with Crippen LogP contribution in [0, 0.1) is 0 Å². The molecule has 0 aliphatic rings. The van der Waals surface area contributed by atoms with Gasteiger partial charge in [-0.15, -0.1) is 0 Å². The standard InChI is InChI=1S/C4H3BrN2O2S/c5-3-1-4(10(8)9)7-2-6-3/h1-2H,(H,8,9). The van der Waals surface area contributed by atoms with E-state index in [1.165, 1.54) is 12.4 Å². The van der Waals surface area contributed by atoms with E-state index in [4.69, 9.17) is 4.55 Å². The smallest absolute Gasteiger partial charge is 0.205 e. The van der Waals surface area contributed by atoms with Gasteiger partial charge in [0.2, 0.25) is 11.1 Å². The molecule has 1 aromatic heterocycles. The quantitative estimate of drug-likeness (QED) is 0.565. The highest BCUT2D eigenvalue weighted by atomic mass is 79.9. The molecule has 1 heterocycles. The number of hydrogen-bond acceptors (Lipinski definition) is 3. The van der Waals surface area contributed by atoms with E-state index in [1.54, 1.807) is 0 Å². The molecule has 1 rings (SSSR count). The Kier molecular flexibility index (Phi) is 2.47. The van der Waals surface area contributed by atoms with Crippen LogP contribution in [0.4, 0.5) is 0 Å². The Balaban J connectivity index is 3.07. The van der Waals surface area contributed by atoms with Crippen LogP contribution in [0.1, 0.15) is 0 Å². The number of aromatic nitrogens is 2. The number of rotatable bonds is 1. The molecule has 0 saturated heterocycles. The summed E-state index contributed by atoms with van der Waals surface area (Å²) >= 11 is 1.01. The van der Waals surface area contributed by atoms with Gasteiger partial charge < -0.3 is 4.55 Å². The average molecular weight is 223 g/mol. The van der Waals surface area contributed by atoms with Crippen molar-refractivity contribution < 1.29 is 8.76 Å². The van der Waals surface area contributed by atoms with Crippen LogP contribution >= 0.6 is 15.9 Å². The van der Waals surface area contributed by atoms with Gasteiger partial charge in [-0.05, 0) is 15.9 Å². The maximum atomic E-state index is 10.4. The van der Waals surface area contributed by atoms with Crippen molar-refractivity contribution in [1.29, 1.82) is 0 Å². The Labute approximate surface area is 68.1 Å². The molecular weight excluding hydrogens is 220 g/mol. The van der Waals surface area contributed by atoms with Crippen molar-refractivity contribution >= 4 is 27.0 Å². The Hall–Kier alpha value is -0.330. The second kappa shape index (κ2) is 3.18. The van der Waals surface area contributed by atoms with Gasteiger partial charge in [0.05, 0.1) is 0 Å². The molecule has 54 valence electrons. The summed E-state index contributed by atoms with van der Waals surface area (Å²) in [6.07, 6.45) is 1.22. The predicted octanol–water partition coefficient (Wildman–Crippen LogP) is 0.820. The second-order valence-electron chi connectivity index (χ2n) is 1.43. The first kappa shape index (κ1) is 7.77. The minimum Gasteiger partial charge on any atom is -0.301 e. The first-order valence-corrected chi connectivity index (χ1v) is 4.18. The Morgan fingerprint density at radius 2 is 2.30 bits per heavy atom. The van der Waals surface area contributed by atoms with Gasteiger partial charge in [-0.3, -0.25) is 0 Å². The van der Waals surface area contributed by atoms with E-state index in [2.05, 4.69) is 25.9 Å². The van der Waals surface area contributed by atoms with Crippen LogP contribution in [-0.4, -0.2) is 18.7 Å². The summed E-state index contributed by atoms with van der Waals surface area (Å²) in [4.78, 5) is 7.23. The van der Waals surface area contributed by atoms with Crippen LogP contribution in [-0.2, 0) is 11.1 Å². The average Bonchev–Trinajstić information content (AvgIpc) is 1.88. The van der Waals surface area contributed by atoms with Gasteiger partial charge in [-0.1, -0.05) is 0 Å². The van der Waals surface area contributed by atoms with Gasteiger partial charge in [-0.25, -0.2) is 14.2 Å². The van der Waals surface area contributed by atoms with Crippen LogP contribution in [0.15, 0.2) is 22.0 Å². The van der Waals surface area contributed by atoms with Gasteiger partial charge in [0.15, 0.2) is 5.03 Å². The molecule has 1 unspecified atom stereocenters. The molecule has 4 nitrogen and oxygen atoms in total. The van der Waals surface area contributed by atoms with Crippen LogP contribution in [0.2, 0.25) is 0 Å². The molecule has 0 radical (unpaired) electrons. The number of halogens is 1. The summed E-state index contributed by atoms with van der Waals surface area (Å²) < 4.78 is 19.4. The van der Waals surface area contributed by atoms with Crippen molar-refractivity contribution in [2.75, 3.05) is 0 Å². The first-order chi connectivity index (χ1) is 4.70. The Morgan fingerprint density at radius 1 is 1.60 bits per heavy atom. The third kappa shape index (κ3) is 1.83. The molecule has 1 aromatic rings. The van der Waals surface area contributed by atoms with Crippen molar-refractivity contribution in [2.45, 2.75) is 5.03 Å². The molecule has 0 aliphatic carbocycles. The van der Waals surface area contributed by atoms with Crippen LogP contribution in [0.5, 0.6) is 0 Å². The lowest BCUT2D eigenvalue weighted by Gasteiger charge is -1.91. The molecule has 0 saturated carbocycles. The number of nitrogens with zero attached hydrogens (tertiary/aromatic N) is 2. The fourth-order valence-electron chi connectivity index (χ4n) is 0.413. The van der Waals surface area contributed by atoms with E-state index >= 15 is 0 Å². The molecule has 0 fully saturated rings. The minimum atomic E-state index is -2.02. The molecule has 0 spiro atoms. The molecule has 6 heteroatoms. The molecule has 0 aromatic carbocycles. The molecule has 1 atom stereocenters. The van der Waals surface area contributed by atoms with Crippen molar-refractivity contribution in [1.82, 2.24) is 9.97 Å². The molecule has 0 aliphatic heterocycles. The van der Waals surface area contributed by atoms with Gasteiger partial charge in [-0.2, -0.15) is 0 Å². The lowest BCUT2D eigenvalue weighted by molar-refractivity contribution is 0.560. The summed E-state index contributed by atoms with van der Waals surface area (Å²) in [5.41, 5.74) is 0. The zero-order chi connectivity index (χ0) is 7.56. The maximum absolute atomic E-state index is 10.4. The zero-order valence-corrected chi connectivity index (χ0v) is 7.09. The Bertz CT molecular complexity index is 267. The topological polar surface area (TPSA) is 63.1 Å². The summed E-state index contributed by atoms with van der Waals surface area (Å²) in [5.74, 6) is 0. The fraction of sp³-hybridized carbons (Fsp3) is 0. The summed E-state index contributed by atoms with van der Waals surface area (Å²) in [7, 11) is 0. The van der Waals surface area contributed by atoms with Crippen LogP contribution in [0.3, 0.4) is 0 Å². The third-order valence-corrected chi connectivity index (χ3v) is 1.80. The largest absolute Gasteiger partial charge is 0.301 e. The highest BCUT2D eigenvalue weighted by molar-refractivity contribution is 9.10. The molecular formula is C4H3BrN2O2S. The van der Waals surface area contributed by atoms with Crippen LogP contribution < -0.4 is 0 Å². The van der Waals surface area contributed by atoms with E-state index in [9.17, 15) is 4.21 Å². The van der Waals surface area contributed by atoms with Crippen molar-refractivity contribution in [3.05, 3.63) is 17.0 Å². The molecule has 0 bridgehead atoms. The van der Waals surface area contributed by atoms with Crippen molar-refractivity contribution in [3.8, 4) is 0 Å². The summed E-state index contributed by atoms with van der Waals surface area (Å²) in [6.45, 7) is 0. The fourth-order valence-corrected chi connectivity index (χ4v) is 1.22. The summed E-state index contributed by atoms with van der Waals surface area (Å²) in [6, 6.07) is 1.39. The minimum absolute atomic E-state index is 0.0990. The lowest BCUT2D eigenvalue weighted by atomic mass is 10.7. The normalized spacial score (nSPS) is 13.0. The van der Waals surface area contributed by atoms with E-state index in [1.807, 2.05) is 0 Å². The zero-order valence-electron chi connectivity index (χ0n) is 4.69. The number of hydrogen-bond donors (Lipinski definition) is 1.